The Morgan fingerprint density at radius 1 is 1.32 bits per heavy atom. The summed E-state index contributed by atoms with van der Waals surface area (Å²) in [6.45, 7) is 2.98. The van der Waals surface area contributed by atoms with Gasteiger partial charge < -0.3 is 15.2 Å². The smallest absolute Gasteiger partial charge is 0.313 e. The van der Waals surface area contributed by atoms with Gasteiger partial charge in [-0.2, -0.15) is 0 Å². The van der Waals surface area contributed by atoms with Gasteiger partial charge in [0.05, 0.1) is 6.33 Å². The van der Waals surface area contributed by atoms with Crippen LogP contribution in [-0.4, -0.2) is 27.9 Å². The number of nitrogens with one attached hydrogen (secondary N) is 2. The Labute approximate surface area is 133 Å². The fourth-order valence-electron chi connectivity index (χ4n) is 1.87. The van der Waals surface area contributed by atoms with Crippen LogP contribution in [0.5, 0.6) is 0 Å². The summed E-state index contributed by atoms with van der Waals surface area (Å²) in [7, 11) is 0. The summed E-state index contributed by atoms with van der Waals surface area (Å²) in [5.41, 5.74) is 1.37. The quantitative estimate of drug-likeness (QED) is 0.653. The number of nitrogens with zero attached hydrogens (tertiary/aromatic N) is 2. The SMILES string of the molecule is Cc1ccc(Cl)cc1NC(=O)C(=O)NCCCn1ccnc1. The molecule has 0 aliphatic rings. The summed E-state index contributed by atoms with van der Waals surface area (Å²) in [4.78, 5) is 27.5. The summed E-state index contributed by atoms with van der Waals surface area (Å²) >= 11 is 5.87. The van der Waals surface area contributed by atoms with Crippen molar-refractivity contribution in [3.05, 3.63) is 47.5 Å². The monoisotopic (exact) mass is 320 g/mol. The zero-order chi connectivity index (χ0) is 15.9. The molecule has 0 spiro atoms. The van der Waals surface area contributed by atoms with E-state index in [1.165, 1.54) is 0 Å². The highest BCUT2D eigenvalue weighted by Crippen LogP contribution is 2.19. The number of hydrogen-bond donors (Lipinski definition) is 2. The summed E-state index contributed by atoms with van der Waals surface area (Å²) in [5.74, 6) is -1.36. The van der Waals surface area contributed by atoms with Crippen LogP contribution in [0.15, 0.2) is 36.9 Å². The topological polar surface area (TPSA) is 76.0 Å². The molecule has 6 nitrogen and oxygen atoms in total. The molecular formula is C15H17ClN4O2. The summed E-state index contributed by atoms with van der Waals surface area (Å²) in [5, 5.41) is 5.64. The summed E-state index contributed by atoms with van der Waals surface area (Å²) < 4.78 is 1.90. The minimum atomic E-state index is -0.701. The molecule has 0 unspecified atom stereocenters. The highest BCUT2D eigenvalue weighted by molar-refractivity contribution is 6.40. The third kappa shape index (κ3) is 4.60. The number of halogens is 1. The standard InChI is InChI=1S/C15H17ClN4O2/c1-11-3-4-12(16)9-13(11)19-15(22)14(21)18-5-2-7-20-8-6-17-10-20/h3-4,6,8-10H,2,5,7H2,1H3,(H,18,21)(H,19,22). The van der Waals surface area contributed by atoms with Crippen LogP contribution in [0.3, 0.4) is 0 Å². The number of aryl methyl sites for hydroxylation is 2. The van der Waals surface area contributed by atoms with Gasteiger partial charge in [0, 0.05) is 36.2 Å². The van der Waals surface area contributed by atoms with E-state index in [0.717, 1.165) is 12.1 Å². The minimum absolute atomic E-state index is 0.416. The number of imidazole rings is 1. The molecule has 0 fully saturated rings. The molecule has 1 aromatic heterocycles. The number of anilines is 1. The van der Waals surface area contributed by atoms with Gasteiger partial charge in [-0.05, 0) is 31.0 Å². The second-order valence-electron chi connectivity index (χ2n) is 4.82. The first-order valence-electron chi connectivity index (χ1n) is 6.87. The van der Waals surface area contributed by atoms with Crippen LogP contribution in [-0.2, 0) is 16.1 Å². The maximum Gasteiger partial charge on any atom is 0.313 e. The van der Waals surface area contributed by atoms with Crippen LogP contribution in [0.1, 0.15) is 12.0 Å². The van der Waals surface area contributed by atoms with E-state index in [1.807, 2.05) is 17.7 Å². The van der Waals surface area contributed by atoms with E-state index in [9.17, 15) is 9.59 Å². The second kappa shape index (κ2) is 7.61. The van der Waals surface area contributed by atoms with E-state index in [2.05, 4.69) is 15.6 Å². The number of carbonyl (C=O) groups is 2. The summed E-state index contributed by atoms with van der Waals surface area (Å²) in [6.07, 6.45) is 5.96. The van der Waals surface area contributed by atoms with Gasteiger partial charge in [-0.25, -0.2) is 4.98 Å². The van der Waals surface area contributed by atoms with E-state index in [4.69, 9.17) is 11.6 Å². The molecule has 0 bridgehead atoms. The lowest BCUT2D eigenvalue weighted by Crippen LogP contribution is -2.36. The molecule has 0 saturated carbocycles. The molecule has 7 heteroatoms. The Morgan fingerprint density at radius 3 is 2.86 bits per heavy atom. The van der Waals surface area contributed by atoms with Crippen molar-refractivity contribution in [2.45, 2.75) is 19.9 Å². The molecule has 0 aliphatic heterocycles. The highest BCUT2D eigenvalue weighted by Gasteiger charge is 2.14. The molecule has 22 heavy (non-hydrogen) atoms. The van der Waals surface area contributed by atoms with Crippen molar-refractivity contribution in [1.82, 2.24) is 14.9 Å². The maximum atomic E-state index is 11.8. The van der Waals surface area contributed by atoms with E-state index in [-0.39, 0.29) is 0 Å². The molecular weight excluding hydrogens is 304 g/mol. The lowest BCUT2D eigenvalue weighted by Gasteiger charge is -2.09. The first-order valence-corrected chi connectivity index (χ1v) is 7.25. The van der Waals surface area contributed by atoms with Crippen molar-refractivity contribution in [2.24, 2.45) is 0 Å². The third-order valence-corrected chi connectivity index (χ3v) is 3.33. The van der Waals surface area contributed by atoms with E-state index < -0.39 is 11.8 Å². The van der Waals surface area contributed by atoms with Crippen LogP contribution in [0.4, 0.5) is 5.69 Å². The molecule has 2 amide bonds. The van der Waals surface area contributed by atoms with Gasteiger partial charge in [0.1, 0.15) is 0 Å². The fourth-order valence-corrected chi connectivity index (χ4v) is 2.04. The Morgan fingerprint density at radius 2 is 2.14 bits per heavy atom. The number of hydrogen-bond acceptors (Lipinski definition) is 3. The van der Waals surface area contributed by atoms with Crippen molar-refractivity contribution in [3.63, 3.8) is 0 Å². The van der Waals surface area contributed by atoms with Crippen LogP contribution >= 0.6 is 11.6 Å². The lowest BCUT2D eigenvalue weighted by molar-refractivity contribution is -0.136. The van der Waals surface area contributed by atoms with Gasteiger partial charge in [-0.1, -0.05) is 17.7 Å². The molecule has 0 radical (unpaired) electrons. The molecule has 2 rings (SSSR count). The van der Waals surface area contributed by atoms with Crippen LogP contribution in [0.2, 0.25) is 5.02 Å². The average molecular weight is 321 g/mol. The van der Waals surface area contributed by atoms with Gasteiger partial charge in [0.15, 0.2) is 0 Å². The summed E-state index contributed by atoms with van der Waals surface area (Å²) in [6, 6.07) is 5.12. The van der Waals surface area contributed by atoms with Crippen molar-refractivity contribution >= 4 is 29.1 Å². The number of rotatable bonds is 5. The van der Waals surface area contributed by atoms with Crippen molar-refractivity contribution in [1.29, 1.82) is 0 Å². The largest absolute Gasteiger partial charge is 0.348 e. The van der Waals surface area contributed by atoms with Gasteiger partial charge in [-0.3, -0.25) is 9.59 Å². The molecule has 0 saturated heterocycles. The second-order valence-corrected chi connectivity index (χ2v) is 5.26. The predicted molar refractivity (Wildman–Crippen MR) is 84.7 cm³/mol. The van der Waals surface area contributed by atoms with E-state index >= 15 is 0 Å². The minimum Gasteiger partial charge on any atom is -0.348 e. The molecule has 0 aliphatic carbocycles. The Kier molecular flexibility index (Phi) is 5.55. The zero-order valence-corrected chi connectivity index (χ0v) is 12.9. The zero-order valence-electron chi connectivity index (χ0n) is 12.2. The predicted octanol–water partition coefficient (Wildman–Crippen LogP) is 1.99. The van der Waals surface area contributed by atoms with Gasteiger partial charge in [0.25, 0.3) is 0 Å². The first kappa shape index (κ1) is 16.0. The normalized spacial score (nSPS) is 10.3. The fraction of sp³-hybridized carbons (Fsp3) is 0.267. The van der Waals surface area contributed by atoms with Gasteiger partial charge in [-0.15, -0.1) is 0 Å². The molecule has 116 valence electrons. The number of amides is 2. The van der Waals surface area contributed by atoms with Crippen molar-refractivity contribution in [2.75, 3.05) is 11.9 Å². The Balaban J connectivity index is 1.77. The van der Waals surface area contributed by atoms with E-state index in [1.54, 1.807) is 30.7 Å². The first-order chi connectivity index (χ1) is 10.6. The van der Waals surface area contributed by atoms with Gasteiger partial charge in [0.2, 0.25) is 0 Å². The average Bonchev–Trinajstić information content (AvgIpc) is 3.00. The molecule has 2 aromatic rings. The van der Waals surface area contributed by atoms with Crippen LogP contribution in [0, 0.1) is 6.92 Å². The third-order valence-electron chi connectivity index (χ3n) is 3.09. The molecule has 0 atom stereocenters. The van der Waals surface area contributed by atoms with Crippen molar-refractivity contribution in [3.8, 4) is 0 Å². The van der Waals surface area contributed by atoms with Crippen molar-refractivity contribution < 1.29 is 9.59 Å². The number of aromatic nitrogens is 2. The Bertz CT molecular complexity index is 656. The number of carbonyl (C=O) groups excluding carboxylic acids is 2. The highest BCUT2D eigenvalue weighted by atomic mass is 35.5. The van der Waals surface area contributed by atoms with Crippen LogP contribution in [0.25, 0.3) is 0 Å². The molecule has 1 aromatic carbocycles. The molecule has 1 heterocycles. The Hall–Kier alpha value is -2.34. The lowest BCUT2D eigenvalue weighted by atomic mass is 10.2. The molecule has 2 N–H and O–H groups in total. The maximum absolute atomic E-state index is 11.8. The van der Waals surface area contributed by atoms with E-state index in [0.29, 0.717) is 23.7 Å². The van der Waals surface area contributed by atoms with Gasteiger partial charge >= 0.3 is 11.8 Å². The van der Waals surface area contributed by atoms with Crippen LogP contribution < -0.4 is 10.6 Å². The number of benzene rings is 1.